The Morgan fingerprint density at radius 1 is 1.47 bits per heavy atom. The first-order valence-corrected chi connectivity index (χ1v) is 6.60. The van der Waals surface area contributed by atoms with Crippen molar-refractivity contribution in [3.8, 4) is 5.75 Å². The monoisotopic (exact) mass is 271 g/mol. The molecule has 1 N–H and O–H groups in total. The van der Waals surface area contributed by atoms with Crippen LogP contribution in [0.4, 0.5) is 8.78 Å². The predicted octanol–water partition coefficient (Wildman–Crippen LogP) is 2.50. The van der Waals surface area contributed by atoms with Crippen LogP contribution in [0.3, 0.4) is 0 Å². The van der Waals surface area contributed by atoms with Crippen LogP contribution in [-0.4, -0.2) is 31.9 Å². The Hall–Kier alpha value is -1.20. The number of ether oxygens (including phenoxy) is 2. The zero-order valence-corrected chi connectivity index (χ0v) is 11.0. The lowest BCUT2D eigenvalue weighted by Gasteiger charge is -2.17. The third kappa shape index (κ3) is 4.14. The standard InChI is InChI=1S/C14H19F2NO2/c1-10(8-17-9-11-4-3-7-18-11)19-13-6-2-5-12(15)14(13)16/h2,5-6,10-11,17H,3-4,7-9H2,1H3. The molecule has 0 amide bonds. The molecule has 1 saturated heterocycles. The van der Waals surface area contributed by atoms with E-state index in [-0.39, 0.29) is 18.0 Å². The minimum absolute atomic E-state index is 0.0496. The molecule has 2 unspecified atom stereocenters. The fourth-order valence-electron chi connectivity index (χ4n) is 2.09. The second-order valence-electron chi connectivity index (χ2n) is 4.77. The average Bonchev–Trinajstić information content (AvgIpc) is 2.88. The Morgan fingerprint density at radius 2 is 2.32 bits per heavy atom. The molecule has 1 fully saturated rings. The highest BCUT2D eigenvalue weighted by Gasteiger charge is 2.16. The fraction of sp³-hybridized carbons (Fsp3) is 0.571. The van der Waals surface area contributed by atoms with Gasteiger partial charge in [-0.2, -0.15) is 4.39 Å². The van der Waals surface area contributed by atoms with E-state index in [1.54, 1.807) is 0 Å². The van der Waals surface area contributed by atoms with Crippen molar-refractivity contribution in [1.82, 2.24) is 5.32 Å². The molecule has 0 radical (unpaired) electrons. The van der Waals surface area contributed by atoms with Crippen LogP contribution in [0.5, 0.6) is 5.75 Å². The van der Waals surface area contributed by atoms with Crippen molar-refractivity contribution in [3.63, 3.8) is 0 Å². The molecule has 0 aromatic heterocycles. The van der Waals surface area contributed by atoms with Gasteiger partial charge in [0, 0.05) is 19.7 Å². The van der Waals surface area contributed by atoms with Gasteiger partial charge in [0.15, 0.2) is 11.6 Å². The maximum Gasteiger partial charge on any atom is 0.200 e. The van der Waals surface area contributed by atoms with E-state index in [0.29, 0.717) is 6.54 Å². The molecule has 3 nitrogen and oxygen atoms in total. The highest BCUT2D eigenvalue weighted by Crippen LogP contribution is 2.20. The van der Waals surface area contributed by atoms with Crippen LogP contribution in [0, 0.1) is 11.6 Å². The lowest BCUT2D eigenvalue weighted by Crippen LogP contribution is -2.34. The van der Waals surface area contributed by atoms with Gasteiger partial charge in [-0.05, 0) is 31.9 Å². The summed E-state index contributed by atoms with van der Waals surface area (Å²) in [6, 6.07) is 3.93. The number of benzene rings is 1. The number of rotatable bonds is 6. The van der Waals surface area contributed by atoms with Crippen LogP contribution >= 0.6 is 0 Å². The molecule has 2 atom stereocenters. The Balaban J connectivity index is 1.74. The summed E-state index contributed by atoms with van der Waals surface area (Å²) >= 11 is 0. The third-order valence-electron chi connectivity index (χ3n) is 3.07. The molecule has 1 aromatic carbocycles. The lowest BCUT2D eigenvalue weighted by molar-refractivity contribution is 0.106. The summed E-state index contributed by atoms with van der Waals surface area (Å²) in [6.07, 6.45) is 2.20. The number of hydrogen-bond acceptors (Lipinski definition) is 3. The number of hydrogen-bond donors (Lipinski definition) is 1. The molecule has 1 heterocycles. The molecule has 1 aliphatic rings. The molecule has 0 spiro atoms. The minimum Gasteiger partial charge on any atom is -0.486 e. The zero-order valence-electron chi connectivity index (χ0n) is 11.0. The van der Waals surface area contributed by atoms with E-state index in [1.807, 2.05) is 6.92 Å². The molecule has 106 valence electrons. The summed E-state index contributed by atoms with van der Waals surface area (Å²) in [7, 11) is 0. The van der Waals surface area contributed by atoms with Gasteiger partial charge in [0.25, 0.3) is 0 Å². The Bertz CT molecular complexity index is 408. The first-order valence-electron chi connectivity index (χ1n) is 6.60. The predicted molar refractivity (Wildman–Crippen MR) is 68.3 cm³/mol. The van der Waals surface area contributed by atoms with Gasteiger partial charge in [-0.25, -0.2) is 4.39 Å². The quantitative estimate of drug-likeness (QED) is 0.862. The molecule has 1 aromatic rings. The van der Waals surface area contributed by atoms with E-state index in [0.717, 1.165) is 32.1 Å². The summed E-state index contributed by atoms with van der Waals surface area (Å²) in [6.45, 7) is 3.97. The van der Waals surface area contributed by atoms with E-state index in [2.05, 4.69) is 5.32 Å². The van der Waals surface area contributed by atoms with Crippen LogP contribution in [0.1, 0.15) is 19.8 Å². The van der Waals surface area contributed by atoms with Gasteiger partial charge in [-0.3, -0.25) is 0 Å². The first kappa shape index (κ1) is 14.2. The van der Waals surface area contributed by atoms with E-state index < -0.39 is 11.6 Å². The van der Waals surface area contributed by atoms with Crippen LogP contribution in [-0.2, 0) is 4.74 Å². The van der Waals surface area contributed by atoms with E-state index in [9.17, 15) is 8.78 Å². The van der Waals surface area contributed by atoms with Gasteiger partial charge in [-0.15, -0.1) is 0 Å². The zero-order chi connectivity index (χ0) is 13.7. The van der Waals surface area contributed by atoms with Crippen molar-refractivity contribution >= 4 is 0 Å². The number of nitrogens with one attached hydrogen (secondary N) is 1. The van der Waals surface area contributed by atoms with Gasteiger partial charge in [0.2, 0.25) is 5.82 Å². The van der Waals surface area contributed by atoms with Crippen LogP contribution in [0.2, 0.25) is 0 Å². The molecule has 1 aliphatic heterocycles. The molecular weight excluding hydrogens is 252 g/mol. The van der Waals surface area contributed by atoms with Gasteiger partial charge < -0.3 is 14.8 Å². The Morgan fingerprint density at radius 3 is 3.05 bits per heavy atom. The van der Waals surface area contributed by atoms with Crippen molar-refractivity contribution in [2.75, 3.05) is 19.7 Å². The second-order valence-corrected chi connectivity index (χ2v) is 4.77. The van der Waals surface area contributed by atoms with Crippen LogP contribution in [0.15, 0.2) is 18.2 Å². The maximum atomic E-state index is 13.4. The van der Waals surface area contributed by atoms with Crippen LogP contribution in [0.25, 0.3) is 0 Å². The largest absolute Gasteiger partial charge is 0.486 e. The molecule has 0 saturated carbocycles. The van der Waals surface area contributed by atoms with Crippen molar-refractivity contribution in [2.24, 2.45) is 0 Å². The smallest absolute Gasteiger partial charge is 0.200 e. The summed E-state index contributed by atoms with van der Waals surface area (Å²) < 4.78 is 37.2. The van der Waals surface area contributed by atoms with Crippen molar-refractivity contribution in [3.05, 3.63) is 29.8 Å². The van der Waals surface area contributed by atoms with Crippen molar-refractivity contribution < 1.29 is 18.3 Å². The van der Waals surface area contributed by atoms with Crippen molar-refractivity contribution in [1.29, 1.82) is 0 Å². The van der Waals surface area contributed by atoms with E-state index >= 15 is 0 Å². The lowest BCUT2D eigenvalue weighted by atomic mass is 10.2. The number of halogens is 2. The summed E-state index contributed by atoms with van der Waals surface area (Å²) in [5, 5.41) is 3.22. The summed E-state index contributed by atoms with van der Waals surface area (Å²) in [5.74, 6) is -1.88. The molecule has 5 heteroatoms. The minimum atomic E-state index is -0.937. The molecule has 0 aliphatic carbocycles. The topological polar surface area (TPSA) is 30.5 Å². The molecule has 0 bridgehead atoms. The summed E-state index contributed by atoms with van der Waals surface area (Å²) in [5.41, 5.74) is 0. The van der Waals surface area contributed by atoms with Crippen LogP contribution < -0.4 is 10.1 Å². The third-order valence-corrected chi connectivity index (χ3v) is 3.07. The van der Waals surface area contributed by atoms with Crippen molar-refractivity contribution in [2.45, 2.75) is 32.0 Å². The maximum absolute atomic E-state index is 13.4. The SMILES string of the molecule is CC(CNCC1CCCO1)Oc1cccc(F)c1F. The summed E-state index contributed by atoms with van der Waals surface area (Å²) in [4.78, 5) is 0. The highest BCUT2D eigenvalue weighted by molar-refractivity contribution is 5.25. The Labute approximate surface area is 111 Å². The van der Waals surface area contributed by atoms with Gasteiger partial charge in [-0.1, -0.05) is 6.07 Å². The highest BCUT2D eigenvalue weighted by atomic mass is 19.2. The van der Waals surface area contributed by atoms with Gasteiger partial charge in [0.05, 0.1) is 6.10 Å². The Kier molecular flexibility index (Phi) is 5.10. The molecule has 19 heavy (non-hydrogen) atoms. The molecule has 2 rings (SSSR count). The van der Waals surface area contributed by atoms with Gasteiger partial charge >= 0.3 is 0 Å². The van der Waals surface area contributed by atoms with E-state index in [1.165, 1.54) is 12.1 Å². The fourth-order valence-corrected chi connectivity index (χ4v) is 2.09. The molecular formula is C14H19F2NO2. The normalized spacial score (nSPS) is 20.5. The van der Waals surface area contributed by atoms with E-state index in [4.69, 9.17) is 9.47 Å². The average molecular weight is 271 g/mol. The second kappa shape index (κ2) is 6.82. The first-order chi connectivity index (χ1) is 9.16. The van der Waals surface area contributed by atoms with Gasteiger partial charge in [0.1, 0.15) is 6.10 Å².